The van der Waals surface area contributed by atoms with Crippen LogP contribution in [-0.4, -0.2) is 29.0 Å². The zero-order valence-electron chi connectivity index (χ0n) is 17.4. The maximum absolute atomic E-state index is 13.0. The molecule has 0 fully saturated rings. The highest BCUT2D eigenvalue weighted by atomic mass is 16.4. The van der Waals surface area contributed by atoms with Gasteiger partial charge in [-0.1, -0.05) is 48.5 Å². The first-order valence-electron chi connectivity index (χ1n) is 10.0. The molecule has 3 N–H and O–H groups in total. The quantitative estimate of drug-likeness (QED) is 0.386. The van der Waals surface area contributed by atoms with Gasteiger partial charge in [0, 0.05) is 30.7 Å². The largest absolute Gasteiger partial charge is 0.478 e. The standard InChI is InChI=1S/C26H21N3O3/c1-27-22-10-7-18(8-11-22)19-9-12-23(26(31)32)24(14-19)29-25(30)21-13-20(15-28-16-21)17-5-3-2-4-6-17/h2-16,27H,1H3,(H,29,30)(H,31,32). The van der Waals surface area contributed by atoms with Crippen LogP contribution in [0.2, 0.25) is 0 Å². The van der Waals surface area contributed by atoms with Crippen LogP contribution in [0, 0.1) is 0 Å². The molecule has 0 radical (unpaired) electrons. The number of anilines is 2. The average molecular weight is 423 g/mol. The number of pyridine rings is 1. The summed E-state index contributed by atoms with van der Waals surface area (Å²) >= 11 is 0. The van der Waals surface area contributed by atoms with E-state index in [2.05, 4.69) is 15.6 Å². The molecular weight excluding hydrogens is 402 g/mol. The SMILES string of the molecule is CNc1ccc(-c2ccc(C(=O)O)c(NC(=O)c3cncc(-c4ccccc4)c3)c2)cc1. The highest BCUT2D eigenvalue weighted by Gasteiger charge is 2.16. The highest BCUT2D eigenvalue weighted by molar-refractivity contribution is 6.08. The molecule has 0 atom stereocenters. The number of aromatic nitrogens is 1. The summed E-state index contributed by atoms with van der Waals surface area (Å²) in [6.45, 7) is 0. The van der Waals surface area contributed by atoms with Crippen molar-refractivity contribution in [1.82, 2.24) is 4.98 Å². The fraction of sp³-hybridized carbons (Fsp3) is 0.0385. The summed E-state index contributed by atoms with van der Waals surface area (Å²) in [5, 5.41) is 15.4. The van der Waals surface area contributed by atoms with Crippen molar-refractivity contribution in [3.05, 3.63) is 102 Å². The van der Waals surface area contributed by atoms with Crippen LogP contribution in [0.4, 0.5) is 11.4 Å². The molecule has 158 valence electrons. The van der Waals surface area contributed by atoms with Crippen molar-refractivity contribution in [2.45, 2.75) is 0 Å². The third-order valence-corrected chi connectivity index (χ3v) is 5.11. The first-order chi connectivity index (χ1) is 15.5. The Morgan fingerprint density at radius 3 is 2.16 bits per heavy atom. The summed E-state index contributed by atoms with van der Waals surface area (Å²) in [5.74, 6) is -1.55. The van der Waals surface area contributed by atoms with Crippen LogP contribution in [0.15, 0.2) is 91.3 Å². The van der Waals surface area contributed by atoms with Gasteiger partial charge in [-0.15, -0.1) is 0 Å². The molecule has 1 amide bonds. The van der Waals surface area contributed by atoms with Crippen LogP contribution in [0.1, 0.15) is 20.7 Å². The topological polar surface area (TPSA) is 91.3 Å². The lowest BCUT2D eigenvalue weighted by molar-refractivity contribution is 0.0698. The van der Waals surface area contributed by atoms with Crippen LogP contribution in [0.3, 0.4) is 0 Å². The molecule has 4 aromatic rings. The second-order valence-corrected chi connectivity index (χ2v) is 7.18. The molecule has 0 spiro atoms. The zero-order valence-corrected chi connectivity index (χ0v) is 17.4. The van der Waals surface area contributed by atoms with Gasteiger partial charge >= 0.3 is 5.97 Å². The Hall–Kier alpha value is -4.45. The molecule has 0 aliphatic rings. The minimum absolute atomic E-state index is 0.0149. The number of carboxylic acids is 1. The van der Waals surface area contributed by atoms with Crippen molar-refractivity contribution in [3.8, 4) is 22.3 Å². The molecule has 1 aromatic heterocycles. The van der Waals surface area contributed by atoms with Crippen LogP contribution >= 0.6 is 0 Å². The summed E-state index contributed by atoms with van der Waals surface area (Å²) in [6.07, 6.45) is 3.15. The number of nitrogens with zero attached hydrogens (tertiary/aromatic N) is 1. The zero-order chi connectivity index (χ0) is 22.5. The van der Waals surface area contributed by atoms with Crippen molar-refractivity contribution in [3.63, 3.8) is 0 Å². The number of aromatic carboxylic acids is 1. The normalized spacial score (nSPS) is 10.4. The van der Waals surface area contributed by atoms with Crippen molar-refractivity contribution >= 4 is 23.3 Å². The monoisotopic (exact) mass is 423 g/mol. The molecule has 0 unspecified atom stereocenters. The number of hydrogen-bond donors (Lipinski definition) is 3. The molecule has 0 saturated heterocycles. The van der Waals surface area contributed by atoms with Crippen molar-refractivity contribution in [2.75, 3.05) is 17.7 Å². The van der Waals surface area contributed by atoms with Gasteiger partial charge in [-0.2, -0.15) is 0 Å². The molecule has 6 nitrogen and oxygen atoms in total. The Morgan fingerprint density at radius 1 is 0.781 bits per heavy atom. The molecule has 3 aromatic carbocycles. The van der Waals surface area contributed by atoms with E-state index in [1.165, 1.54) is 12.3 Å². The van der Waals surface area contributed by atoms with E-state index in [9.17, 15) is 14.7 Å². The summed E-state index contributed by atoms with van der Waals surface area (Å²) in [7, 11) is 1.84. The van der Waals surface area contributed by atoms with Crippen LogP contribution in [0.5, 0.6) is 0 Å². The number of carboxylic acid groups (broad SMARTS) is 1. The Labute approximate surface area is 185 Å². The van der Waals surface area contributed by atoms with Gasteiger partial charge in [-0.25, -0.2) is 4.79 Å². The summed E-state index contributed by atoms with van der Waals surface area (Å²) in [5.41, 5.74) is 4.99. The van der Waals surface area contributed by atoms with Crippen molar-refractivity contribution in [1.29, 1.82) is 0 Å². The Bertz CT molecular complexity index is 1270. The maximum atomic E-state index is 13.0. The van der Waals surface area contributed by atoms with Gasteiger partial charge in [0.15, 0.2) is 0 Å². The van der Waals surface area contributed by atoms with Crippen molar-refractivity contribution in [2.24, 2.45) is 0 Å². The maximum Gasteiger partial charge on any atom is 0.337 e. The van der Waals surface area contributed by atoms with Crippen LogP contribution in [-0.2, 0) is 0 Å². The van der Waals surface area contributed by atoms with Crippen molar-refractivity contribution < 1.29 is 14.7 Å². The van der Waals surface area contributed by atoms with E-state index >= 15 is 0 Å². The second-order valence-electron chi connectivity index (χ2n) is 7.18. The van der Waals surface area contributed by atoms with Gasteiger partial charge < -0.3 is 15.7 Å². The first-order valence-corrected chi connectivity index (χ1v) is 10.0. The third-order valence-electron chi connectivity index (χ3n) is 5.11. The van der Waals surface area contributed by atoms with Gasteiger partial charge in [0.05, 0.1) is 16.8 Å². The summed E-state index contributed by atoms with van der Waals surface area (Å²) < 4.78 is 0. The molecule has 6 heteroatoms. The number of amides is 1. The third kappa shape index (κ3) is 4.49. The molecule has 0 saturated carbocycles. The molecule has 0 bridgehead atoms. The number of carbonyl (C=O) groups is 2. The smallest absolute Gasteiger partial charge is 0.337 e. The Balaban J connectivity index is 1.65. The molecular formula is C26H21N3O3. The lowest BCUT2D eigenvalue weighted by Gasteiger charge is -2.12. The average Bonchev–Trinajstić information content (AvgIpc) is 2.84. The van der Waals surface area contributed by atoms with E-state index in [4.69, 9.17) is 0 Å². The van der Waals surface area contributed by atoms with E-state index in [-0.39, 0.29) is 11.3 Å². The first kappa shape index (κ1) is 20.8. The molecule has 32 heavy (non-hydrogen) atoms. The fourth-order valence-electron chi connectivity index (χ4n) is 3.39. The lowest BCUT2D eigenvalue weighted by atomic mass is 10.0. The molecule has 4 rings (SSSR count). The van der Waals surface area contributed by atoms with Crippen LogP contribution in [0.25, 0.3) is 22.3 Å². The van der Waals surface area contributed by atoms with E-state index in [1.54, 1.807) is 24.4 Å². The Kier molecular flexibility index (Phi) is 5.94. The van der Waals surface area contributed by atoms with Gasteiger partial charge in [-0.05, 0) is 47.0 Å². The number of rotatable bonds is 6. The van der Waals surface area contributed by atoms with Gasteiger partial charge in [0.1, 0.15) is 0 Å². The fourth-order valence-corrected chi connectivity index (χ4v) is 3.39. The van der Waals surface area contributed by atoms with E-state index in [0.29, 0.717) is 5.56 Å². The molecule has 0 aliphatic heterocycles. The molecule has 0 aliphatic carbocycles. The summed E-state index contributed by atoms with van der Waals surface area (Å²) in [4.78, 5) is 28.9. The van der Waals surface area contributed by atoms with E-state index < -0.39 is 11.9 Å². The number of nitrogens with one attached hydrogen (secondary N) is 2. The van der Waals surface area contributed by atoms with E-state index in [0.717, 1.165) is 27.9 Å². The second kappa shape index (κ2) is 9.14. The minimum atomic E-state index is -1.12. The summed E-state index contributed by atoms with van der Waals surface area (Å²) in [6, 6.07) is 24.0. The Morgan fingerprint density at radius 2 is 1.47 bits per heavy atom. The van der Waals surface area contributed by atoms with E-state index in [1.807, 2.05) is 61.6 Å². The predicted molar refractivity (Wildman–Crippen MR) is 126 cm³/mol. The number of benzene rings is 3. The lowest BCUT2D eigenvalue weighted by Crippen LogP contribution is -2.15. The predicted octanol–water partition coefficient (Wildman–Crippen LogP) is 5.41. The van der Waals surface area contributed by atoms with Gasteiger partial charge in [0.25, 0.3) is 5.91 Å². The number of carbonyl (C=O) groups excluding carboxylic acids is 1. The van der Waals surface area contributed by atoms with Crippen LogP contribution < -0.4 is 10.6 Å². The minimum Gasteiger partial charge on any atom is -0.478 e. The number of hydrogen-bond acceptors (Lipinski definition) is 4. The highest BCUT2D eigenvalue weighted by Crippen LogP contribution is 2.28. The van der Waals surface area contributed by atoms with Gasteiger partial charge in [0.2, 0.25) is 0 Å². The van der Waals surface area contributed by atoms with Gasteiger partial charge in [-0.3, -0.25) is 9.78 Å². The molecule has 1 heterocycles.